The molecule has 0 bridgehead atoms. The summed E-state index contributed by atoms with van der Waals surface area (Å²) in [6.45, 7) is 3.96. The fraction of sp³-hybridized carbons (Fsp3) is 0.467. The number of aryl methyl sites for hydroxylation is 1. The predicted molar refractivity (Wildman–Crippen MR) is 72.4 cm³/mol. The van der Waals surface area contributed by atoms with E-state index in [0.29, 0.717) is 23.4 Å². The lowest BCUT2D eigenvalue weighted by Gasteiger charge is -2.13. The second kappa shape index (κ2) is 5.25. The average molecular weight is 274 g/mol. The fourth-order valence-electron chi connectivity index (χ4n) is 2.09. The van der Waals surface area contributed by atoms with E-state index < -0.39 is 6.10 Å². The molecule has 0 radical (unpaired) electrons. The first-order valence-electron chi connectivity index (χ1n) is 6.87. The van der Waals surface area contributed by atoms with Crippen LogP contribution in [0.1, 0.15) is 54.6 Å². The summed E-state index contributed by atoms with van der Waals surface area (Å²) in [7, 11) is 0. The normalized spacial score (nSPS) is 16.1. The fourth-order valence-corrected chi connectivity index (χ4v) is 2.09. The molecule has 1 aromatic heterocycles. The Morgan fingerprint density at radius 2 is 2.25 bits per heavy atom. The first kappa shape index (κ1) is 13.1. The van der Waals surface area contributed by atoms with Crippen LogP contribution in [-0.2, 0) is 6.61 Å². The van der Waals surface area contributed by atoms with Gasteiger partial charge in [-0.2, -0.15) is 4.98 Å². The Hall–Kier alpha value is -1.88. The molecule has 106 valence electrons. The Morgan fingerprint density at radius 1 is 1.45 bits per heavy atom. The van der Waals surface area contributed by atoms with Gasteiger partial charge in [-0.15, -0.1) is 0 Å². The SMILES string of the molecule is Cc1ccc(OCc2noc(C3CC3)n2)c([C@H](C)O)c1. The molecule has 1 fully saturated rings. The second-order valence-corrected chi connectivity index (χ2v) is 5.33. The molecular formula is C15H18N2O3. The lowest BCUT2D eigenvalue weighted by Crippen LogP contribution is -2.02. The third kappa shape index (κ3) is 2.82. The van der Waals surface area contributed by atoms with Gasteiger partial charge in [0.05, 0.1) is 6.10 Å². The van der Waals surface area contributed by atoms with Crippen LogP contribution in [-0.4, -0.2) is 15.2 Å². The maximum absolute atomic E-state index is 9.78. The monoisotopic (exact) mass is 274 g/mol. The van der Waals surface area contributed by atoms with E-state index in [2.05, 4.69) is 10.1 Å². The van der Waals surface area contributed by atoms with Crippen LogP contribution in [0.4, 0.5) is 0 Å². The molecule has 1 aliphatic carbocycles. The van der Waals surface area contributed by atoms with Crippen molar-refractivity contribution in [1.82, 2.24) is 10.1 Å². The van der Waals surface area contributed by atoms with Gasteiger partial charge >= 0.3 is 0 Å². The van der Waals surface area contributed by atoms with Crippen LogP contribution < -0.4 is 4.74 Å². The molecule has 1 saturated carbocycles. The molecule has 1 N–H and O–H groups in total. The van der Waals surface area contributed by atoms with Gasteiger partial charge in [0.15, 0.2) is 6.61 Å². The molecule has 1 aliphatic rings. The molecule has 20 heavy (non-hydrogen) atoms. The van der Waals surface area contributed by atoms with Gasteiger partial charge in [0, 0.05) is 11.5 Å². The van der Waals surface area contributed by atoms with Gasteiger partial charge in [0.25, 0.3) is 0 Å². The van der Waals surface area contributed by atoms with Gasteiger partial charge in [-0.3, -0.25) is 0 Å². The third-order valence-electron chi connectivity index (χ3n) is 3.38. The lowest BCUT2D eigenvalue weighted by atomic mass is 10.1. The number of benzene rings is 1. The van der Waals surface area contributed by atoms with Gasteiger partial charge in [0.1, 0.15) is 5.75 Å². The minimum atomic E-state index is -0.572. The van der Waals surface area contributed by atoms with E-state index in [4.69, 9.17) is 9.26 Å². The molecule has 0 aliphatic heterocycles. The number of aromatic nitrogens is 2. The maximum Gasteiger partial charge on any atom is 0.229 e. The quantitative estimate of drug-likeness (QED) is 0.908. The summed E-state index contributed by atoms with van der Waals surface area (Å²) in [5.41, 5.74) is 1.86. The van der Waals surface area contributed by atoms with Crippen molar-refractivity contribution in [3.63, 3.8) is 0 Å². The molecule has 5 nitrogen and oxygen atoms in total. The highest BCUT2D eigenvalue weighted by Gasteiger charge is 2.29. The number of hydrogen-bond acceptors (Lipinski definition) is 5. The molecule has 1 aromatic carbocycles. The molecule has 2 aromatic rings. The Labute approximate surface area is 117 Å². The van der Waals surface area contributed by atoms with Crippen molar-refractivity contribution in [1.29, 1.82) is 0 Å². The Morgan fingerprint density at radius 3 is 2.95 bits per heavy atom. The van der Waals surface area contributed by atoms with Crippen LogP contribution in [0.25, 0.3) is 0 Å². The van der Waals surface area contributed by atoms with E-state index in [1.54, 1.807) is 6.92 Å². The summed E-state index contributed by atoms with van der Waals surface area (Å²) in [6, 6.07) is 5.73. The van der Waals surface area contributed by atoms with Gasteiger partial charge in [-0.25, -0.2) is 0 Å². The summed E-state index contributed by atoms with van der Waals surface area (Å²) < 4.78 is 10.9. The Kier molecular flexibility index (Phi) is 3.44. The highest BCUT2D eigenvalue weighted by molar-refractivity contribution is 5.38. The number of aliphatic hydroxyl groups excluding tert-OH is 1. The molecule has 0 amide bonds. The maximum atomic E-state index is 9.78. The minimum Gasteiger partial charge on any atom is -0.485 e. The van der Waals surface area contributed by atoms with E-state index in [0.717, 1.165) is 24.0 Å². The standard InChI is InChI=1S/C15H18N2O3/c1-9-3-6-13(12(7-9)10(2)18)19-8-14-16-15(20-17-14)11-4-5-11/h3,6-7,10-11,18H,4-5,8H2,1-2H3/t10-/m0/s1. The van der Waals surface area contributed by atoms with E-state index >= 15 is 0 Å². The number of nitrogens with zero attached hydrogens (tertiary/aromatic N) is 2. The van der Waals surface area contributed by atoms with Crippen LogP contribution in [0.5, 0.6) is 5.75 Å². The molecule has 3 rings (SSSR count). The summed E-state index contributed by atoms with van der Waals surface area (Å²) in [6.07, 6.45) is 1.69. The van der Waals surface area contributed by atoms with E-state index in [1.165, 1.54) is 0 Å². The van der Waals surface area contributed by atoms with Crippen molar-refractivity contribution < 1.29 is 14.4 Å². The average Bonchev–Trinajstić information content (AvgIpc) is 3.17. The zero-order chi connectivity index (χ0) is 14.1. The first-order valence-corrected chi connectivity index (χ1v) is 6.87. The predicted octanol–water partition coefficient (Wildman–Crippen LogP) is 2.89. The van der Waals surface area contributed by atoms with Gasteiger partial charge in [0.2, 0.25) is 11.7 Å². The van der Waals surface area contributed by atoms with Crippen LogP contribution in [0.2, 0.25) is 0 Å². The number of ether oxygens (including phenoxy) is 1. The van der Waals surface area contributed by atoms with Gasteiger partial charge in [-0.1, -0.05) is 16.8 Å². The number of aliphatic hydroxyl groups is 1. The second-order valence-electron chi connectivity index (χ2n) is 5.33. The van der Waals surface area contributed by atoms with Gasteiger partial charge < -0.3 is 14.4 Å². The van der Waals surface area contributed by atoms with Crippen molar-refractivity contribution in [2.75, 3.05) is 0 Å². The van der Waals surface area contributed by atoms with Crippen molar-refractivity contribution in [3.8, 4) is 5.75 Å². The smallest absolute Gasteiger partial charge is 0.229 e. The molecule has 0 unspecified atom stereocenters. The summed E-state index contributed by atoms with van der Waals surface area (Å²) in [5.74, 6) is 2.36. The largest absolute Gasteiger partial charge is 0.485 e. The molecule has 0 saturated heterocycles. The molecule has 1 heterocycles. The Balaban J connectivity index is 1.70. The third-order valence-corrected chi connectivity index (χ3v) is 3.38. The van der Waals surface area contributed by atoms with Crippen LogP contribution in [0.3, 0.4) is 0 Å². The molecule has 1 atom stereocenters. The van der Waals surface area contributed by atoms with E-state index in [1.807, 2.05) is 25.1 Å². The molecule has 5 heteroatoms. The lowest BCUT2D eigenvalue weighted by molar-refractivity contribution is 0.189. The Bertz CT molecular complexity index is 603. The van der Waals surface area contributed by atoms with Crippen molar-refractivity contribution in [2.24, 2.45) is 0 Å². The van der Waals surface area contributed by atoms with Crippen molar-refractivity contribution >= 4 is 0 Å². The summed E-state index contributed by atoms with van der Waals surface area (Å²) in [4.78, 5) is 4.31. The van der Waals surface area contributed by atoms with Crippen LogP contribution in [0.15, 0.2) is 22.7 Å². The van der Waals surface area contributed by atoms with Gasteiger partial charge in [-0.05, 0) is 38.8 Å². The summed E-state index contributed by atoms with van der Waals surface area (Å²) in [5, 5.41) is 13.7. The summed E-state index contributed by atoms with van der Waals surface area (Å²) >= 11 is 0. The molecular weight excluding hydrogens is 256 g/mol. The minimum absolute atomic E-state index is 0.249. The van der Waals surface area contributed by atoms with Crippen molar-refractivity contribution in [2.45, 2.75) is 45.3 Å². The van der Waals surface area contributed by atoms with Crippen LogP contribution in [0, 0.1) is 6.92 Å². The van der Waals surface area contributed by atoms with Crippen LogP contribution >= 0.6 is 0 Å². The zero-order valence-corrected chi connectivity index (χ0v) is 11.7. The molecule has 0 spiro atoms. The first-order chi connectivity index (χ1) is 9.63. The topological polar surface area (TPSA) is 68.4 Å². The zero-order valence-electron chi connectivity index (χ0n) is 11.7. The van der Waals surface area contributed by atoms with Crippen molar-refractivity contribution in [3.05, 3.63) is 41.0 Å². The van der Waals surface area contributed by atoms with E-state index in [9.17, 15) is 5.11 Å². The highest BCUT2D eigenvalue weighted by atomic mass is 16.5. The van der Waals surface area contributed by atoms with E-state index in [-0.39, 0.29) is 6.61 Å². The number of rotatable bonds is 5. The number of hydrogen-bond donors (Lipinski definition) is 1. The highest BCUT2D eigenvalue weighted by Crippen LogP contribution is 2.38.